The molecule has 8 aromatic rings. The molecule has 0 saturated heterocycles. The van der Waals surface area contributed by atoms with Crippen molar-refractivity contribution in [3.63, 3.8) is 0 Å². The quantitative estimate of drug-likeness (QED) is 0.0386. The first-order valence-corrected chi connectivity index (χ1v) is 40.9. The molecule has 4 aromatic heterocycles. The number of nitrogens with zero attached hydrogens (tertiary/aromatic N) is 8. The Labute approximate surface area is 672 Å². The van der Waals surface area contributed by atoms with E-state index >= 15 is 0 Å². The number of aromatic nitrogens is 8. The maximum absolute atomic E-state index is 14.3. The van der Waals surface area contributed by atoms with Gasteiger partial charge in [0, 0.05) is 33.2 Å². The lowest BCUT2D eigenvalue weighted by Gasteiger charge is -2.39. The number of carbonyl (C=O) groups is 4. The van der Waals surface area contributed by atoms with Gasteiger partial charge < -0.3 is 20.3 Å². The Morgan fingerprint density at radius 3 is 1.02 bits per heavy atom. The number of rotatable bonds is 21. The van der Waals surface area contributed by atoms with Crippen LogP contribution in [0, 0.1) is 86.0 Å². The Morgan fingerprint density at radius 2 is 0.716 bits per heavy atom. The van der Waals surface area contributed by atoms with Crippen molar-refractivity contribution in [1.29, 1.82) is 0 Å². The van der Waals surface area contributed by atoms with E-state index in [1.807, 2.05) is 46.8 Å². The Bertz CT molecular complexity index is 4990. The SMILES string of the molecule is CCOC(=O)/C(=C\[C@@]12CC[C@@H](c3cc(-c4c(F)cccc4F)nnc31)C2(C)C)CC.CCOC(=O)[C@@H](CC)C[C@@]12CC[C@@H](c3cc(-c4c(F)cccc4F)nnc31)C2(C)C.CC[C@@H](C[C@@]12CC[C@@H](c3cc(-c4c(F)cccc4F)nnc31)C2(C)C)C(=O)O.CC[C@@H](C[C@@]12CC[C@@H](c3cc(-c4c(F)cccc4F)nnc31)C2(C)C)C(N)=O. The lowest BCUT2D eigenvalue weighted by Crippen LogP contribution is -2.40. The third-order valence-corrected chi connectivity index (χ3v) is 29.2. The van der Waals surface area contributed by atoms with Gasteiger partial charge in [-0.2, -0.15) is 35.7 Å². The highest BCUT2D eigenvalue weighted by Gasteiger charge is 2.68. The average Bonchev–Trinajstić information content (AvgIpc) is 1.55. The van der Waals surface area contributed by atoms with Crippen molar-refractivity contribution in [3.8, 4) is 45.0 Å². The fourth-order valence-electron chi connectivity index (χ4n) is 22.4. The zero-order valence-electron chi connectivity index (χ0n) is 68.5. The summed E-state index contributed by atoms with van der Waals surface area (Å²) in [6.07, 6.45) is 13.6. The van der Waals surface area contributed by atoms with Crippen LogP contribution in [0.1, 0.15) is 262 Å². The molecule has 0 spiro atoms. The normalized spacial score (nSPS) is 24.9. The van der Waals surface area contributed by atoms with Gasteiger partial charge in [-0.1, -0.05) is 113 Å². The third-order valence-electron chi connectivity index (χ3n) is 29.2. The summed E-state index contributed by atoms with van der Waals surface area (Å²) in [6.45, 7) is 29.6. The number of carboxylic acids is 1. The highest BCUT2D eigenvalue weighted by atomic mass is 19.2. The van der Waals surface area contributed by atoms with Crippen molar-refractivity contribution < 1.29 is 68.9 Å². The second-order valence-corrected chi connectivity index (χ2v) is 35.2. The van der Waals surface area contributed by atoms with E-state index in [0.717, 1.165) is 96.4 Å². The lowest BCUT2D eigenvalue weighted by atomic mass is 9.64. The summed E-state index contributed by atoms with van der Waals surface area (Å²) < 4.78 is 125. The van der Waals surface area contributed by atoms with E-state index in [-0.39, 0.29) is 136 Å². The molecule has 614 valence electrons. The van der Waals surface area contributed by atoms with Gasteiger partial charge >= 0.3 is 17.9 Å². The summed E-state index contributed by atoms with van der Waals surface area (Å²) in [5, 5.41) is 44.4. The summed E-state index contributed by atoms with van der Waals surface area (Å²) in [5.74, 6) is -6.87. The molecular formula is C92H103F8N9O7. The van der Waals surface area contributed by atoms with Crippen molar-refractivity contribution in [3.05, 3.63) is 200 Å². The van der Waals surface area contributed by atoms with Crippen LogP contribution in [0.5, 0.6) is 0 Å². The van der Waals surface area contributed by atoms with E-state index in [1.54, 1.807) is 25.1 Å². The minimum atomic E-state index is -0.789. The van der Waals surface area contributed by atoms with Gasteiger partial charge in [0.05, 0.1) is 92.9 Å². The molecule has 16 nitrogen and oxygen atoms in total. The highest BCUT2D eigenvalue weighted by Crippen LogP contribution is 2.73. The number of fused-ring (bicyclic) bond motifs is 20. The van der Waals surface area contributed by atoms with Gasteiger partial charge in [0.2, 0.25) is 5.91 Å². The van der Waals surface area contributed by atoms with Crippen molar-refractivity contribution in [2.75, 3.05) is 13.2 Å². The van der Waals surface area contributed by atoms with Gasteiger partial charge in [0.15, 0.2) is 0 Å². The molecule has 4 heterocycles. The van der Waals surface area contributed by atoms with Crippen LogP contribution in [0.4, 0.5) is 35.1 Å². The first-order chi connectivity index (χ1) is 55.0. The van der Waals surface area contributed by atoms with E-state index in [0.29, 0.717) is 63.7 Å². The second kappa shape index (κ2) is 31.6. The maximum Gasteiger partial charge on any atom is 0.333 e. The number of primary amides is 1. The fourth-order valence-corrected chi connectivity index (χ4v) is 22.4. The maximum atomic E-state index is 14.3. The molecule has 8 bridgehead atoms. The number of allylic oxidation sites excluding steroid dienone is 1. The van der Waals surface area contributed by atoms with E-state index < -0.39 is 63.8 Å². The summed E-state index contributed by atoms with van der Waals surface area (Å²) in [6, 6.07) is 22.3. The molecule has 8 aliphatic carbocycles. The molecule has 1 amide bonds. The van der Waals surface area contributed by atoms with Crippen LogP contribution in [-0.2, 0) is 50.3 Å². The molecule has 24 heteroatoms. The number of benzene rings is 4. The highest BCUT2D eigenvalue weighted by molar-refractivity contribution is 5.89. The van der Waals surface area contributed by atoms with Crippen LogP contribution >= 0.6 is 0 Å². The van der Waals surface area contributed by atoms with Crippen LogP contribution in [0.3, 0.4) is 0 Å². The minimum Gasteiger partial charge on any atom is -0.481 e. The zero-order chi connectivity index (χ0) is 83.9. The van der Waals surface area contributed by atoms with Gasteiger partial charge in [0.25, 0.3) is 0 Å². The molecule has 0 radical (unpaired) electrons. The molecule has 16 rings (SSSR count). The molecule has 116 heavy (non-hydrogen) atoms. The van der Waals surface area contributed by atoms with Crippen molar-refractivity contribution in [2.45, 2.75) is 239 Å². The molecule has 4 aromatic carbocycles. The van der Waals surface area contributed by atoms with E-state index in [9.17, 15) is 59.4 Å². The molecule has 3 N–H and O–H groups in total. The number of amides is 1. The van der Waals surface area contributed by atoms with Crippen molar-refractivity contribution >= 4 is 23.8 Å². The van der Waals surface area contributed by atoms with Gasteiger partial charge in [-0.15, -0.1) is 5.10 Å². The summed E-state index contributed by atoms with van der Waals surface area (Å²) >= 11 is 0. The molecule has 8 aliphatic rings. The predicted octanol–water partition coefficient (Wildman–Crippen LogP) is 20.6. The predicted molar refractivity (Wildman–Crippen MR) is 423 cm³/mol. The van der Waals surface area contributed by atoms with E-state index in [4.69, 9.17) is 15.2 Å². The Balaban J connectivity index is 0.000000135. The monoisotopic (exact) mass is 1600 g/mol. The van der Waals surface area contributed by atoms with Gasteiger partial charge in [0.1, 0.15) is 46.5 Å². The molecule has 4 fully saturated rings. The van der Waals surface area contributed by atoms with Gasteiger partial charge in [-0.3, -0.25) is 14.4 Å². The van der Waals surface area contributed by atoms with Gasteiger partial charge in [-0.25, -0.2) is 39.9 Å². The zero-order valence-corrected chi connectivity index (χ0v) is 68.5. The van der Waals surface area contributed by atoms with Crippen LogP contribution in [0.15, 0.2) is 109 Å². The molecule has 0 unspecified atom stereocenters. The largest absolute Gasteiger partial charge is 0.481 e. The van der Waals surface area contributed by atoms with Crippen LogP contribution < -0.4 is 5.73 Å². The standard InChI is InChI=1S/C24H28F2N2O2.C24H26F2N2O2.C22H25F2N3O.C22H24F2N2O2/c2*1-5-14(22(29)30-6-2)13-24-11-10-16(23(24,3)4)15-12-19(27-28-21(15)24)20-17(25)8-7-9-18(20)26;1-4-12(20(25)28)11-22-9-8-14(21(22,2)3)13-10-17(26-27-19(13)22)18-15(23)6-5-7-16(18)24;1-4-12(20(27)28)11-22-9-8-14(21(22,2)3)13-10-17(25-26-19(13)22)18-15(23)6-5-7-16(18)24/h7-9,12,14,16H,5-6,10-11,13H2,1-4H3;7-9,12-13,16H,5-6,10-11H2,1-4H3;5-7,10,12,14H,4,8-9,11H2,1-3H3,(H2,25,28);5-7,10,12,14H,4,8-9,11H2,1-3H3,(H,27,28)/b;14-13-;;/t14-,16-,24-;16-,24-;2*12-,14-,22-/m0000/s1. The smallest absolute Gasteiger partial charge is 0.333 e. The molecular weight excluding hydrogens is 1500 g/mol. The second-order valence-electron chi connectivity index (χ2n) is 35.2. The summed E-state index contributed by atoms with van der Waals surface area (Å²) in [4.78, 5) is 48.6. The number of carbonyl (C=O) groups excluding carboxylic acids is 3. The minimum absolute atomic E-state index is 0.126. The number of nitrogens with two attached hydrogens (primary N) is 1. The van der Waals surface area contributed by atoms with E-state index in [1.165, 1.54) is 72.8 Å². The first kappa shape index (κ1) is 84.2. The number of aliphatic carboxylic acids is 1. The van der Waals surface area contributed by atoms with E-state index in [2.05, 4.69) is 96.2 Å². The summed E-state index contributed by atoms with van der Waals surface area (Å²) in [7, 11) is 0. The molecule has 4 saturated carbocycles. The fraction of sp³-hybridized carbons (Fsp3) is 0.500. The van der Waals surface area contributed by atoms with Crippen LogP contribution in [0.25, 0.3) is 45.0 Å². The molecule has 0 aliphatic heterocycles. The van der Waals surface area contributed by atoms with Crippen molar-refractivity contribution in [2.24, 2.45) is 45.1 Å². The van der Waals surface area contributed by atoms with Crippen molar-refractivity contribution in [1.82, 2.24) is 40.8 Å². The number of carboxylic acid groups (broad SMARTS) is 1. The van der Waals surface area contributed by atoms with Crippen LogP contribution in [-0.4, -0.2) is 82.9 Å². The number of esters is 2. The number of ether oxygens (including phenoxy) is 2. The first-order valence-electron chi connectivity index (χ1n) is 40.9. The number of hydrogen-bond acceptors (Lipinski definition) is 14. The Morgan fingerprint density at radius 1 is 0.422 bits per heavy atom. The Kier molecular flexibility index (Phi) is 22.9. The van der Waals surface area contributed by atoms with Gasteiger partial charge in [-0.05, 0) is 251 Å². The molecule has 11 atom stereocenters. The number of halogens is 8. The lowest BCUT2D eigenvalue weighted by molar-refractivity contribution is -0.149. The van der Waals surface area contributed by atoms with Crippen LogP contribution in [0.2, 0.25) is 0 Å². The summed E-state index contributed by atoms with van der Waals surface area (Å²) in [5.41, 5.74) is 11.8. The third kappa shape index (κ3) is 13.4. The average molecular weight is 1600 g/mol. The topological polar surface area (TPSA) is 236 Å². The Hall–Kier alpha value is -9.74. The number of hydrogen-bond donors (Lipinski definition) is 2.